The summed E-state index contributed by atoms with van der Waals surface area (Å²) >= 11 is 0. The number of nitrogens with zero attached hydrogens (tertiary/aromatic N) is 1. The maximum atomic E-state index is 13.5. The predicted octanol–water partition coefficient (Wildman–Crippen LogP) is 1.61. The molecule has 1 heterocycles. The van der Waals surface area contributed by atoms with Gasteiger partial charge < -0.3 is 4.90 Å². The Morgan fingerprint density at radius 1 is 1.25 bits per heavy atom. The van der Waals surface area contributed by atoms with Crippen LogP contribution in [-0.2, 0) is 9.84 Å². The monoisotopic (exact) mass is 303 g/mol. The highest BCUT2D eigenvalue weighted by Gasteiger charge is 2.29. The van der Waals surface area contributed by atoms with E-state index in [1.165, 1.54) is 11.2 Å². The maximum Gasteiger partial charge on any atom is 0.256 e. The molecule has 1 amide bonds. The molecule has 110 valence electrons. The summed E-state index contributed by atoms with van der Waals surface area (Å²) in [7, 11) is -3.12. The van der Waals surface area contributed by atoms with Gasteiger partial charge in [0.2, 0.25) is 0 Å². The Balaban J connectivity index is 2.09. The van der Waals surface area contributed by atoms with Gasteiger partial charge in [0.15, 0.2) is 0 Å². The summed E-state index contributed by atoms with van der Waals surface area (Å²) in [6, 6.07) is 2.80. The highest BCUT2D eigenvalue weighted by atomic mass is 32.2. The van der Waals surface area contributed by atoms with Crippen molar-refractivity contribution in [3.63, 3.8) is 0 Å². The normalized spacial score (nSPS) is 17.2. The van der Waals surface area contributed by atoms with Crippen LogP contribution in [0.2, 0.25) is 0 Å². The number of benzene rings is 1. The average Bonchev–Trinajstić information content (AvgIpc) is 2.37. The number of piperidine rings is 1. The Labute approximate surface area is 116 Å². The van der Waals surface area contributed by atoms with E-state index in [-0.39, 0.29) is 18.7 Å². The standard InChI is InChI=1S/C13H15F2NO3S/c1-20(18,19)10-4-6-16(7-5-10)13(17)11-3-2-9(14)8-12(11)15/h2-3,8,10H,4-7H2,1H3. The fourth-order valence-corrected chi connectivity index (χ4v) is 3.39. The Morgan fingerprint density at radius 3 is 2.35 bits per heavy atom. The summed E-state index contributed by atoms with van der Waals surface area (Å²) in [4.78, 5) is 13.5. The number of carbonyl (C=O) groups excluding carboxylic acids is 1. The van der Waals surface area contributed by atoms with E-state index in [9.17, 15) is 22.0 Å². The van der Waals surface area contributed by atoms with E-state index in [1.54, 1.807) is 0 Å². The topological polar surface area (TPSA) is 54.5 Å². The van der Waals surface area contributed by atoms with Crippen LogP contribution in [-0.4, -0.2) is 43.8 Å². The summed E-state index contributed by atoms with van der Waals surface area (Å²) < 4.78 is 49.2. The van der Waals surface area contributed by atoms with Gasteiger partial charge in [-0.3, -0.25) is 4.79 Å². The molecule has 1 aromatic rings. The molecule has 0 bridgehead atoms. The highest BCUT2D eigenvalue weighted by Crippen LogP contribution is 2.20. The molecule has 0 unspecified atom stereocenters. The van der Waals surface area contributed by atoms with E-state index >= 15 is 0 Å². The molecule has 4 nitrogen and oxygen atoms in total. The van der Waals surface area contributed by atoms with E-state index in [4.69, 9.17) is 0 Å². The molecule has 0 saturated carbocycles. The van der Waals surface area contributed by atoms with Gasteiger partial charge in [-0.05, 0) is 25.0 Å². The number of likely N-dealkylation sites (tertiary alicyclic amines) is 1. The van der Waals surface area contributed by atoms with Crippen molar-refractivity contribution in [3.8, 4) is 0 Å². The maximum absolute atomic E-state index is 13.5. The second kappa shape index (κ2) is 5.47. The zero-order valence-corrected chi connectivity index (χ0v) is 11.8. The molecule has 0 aliphatic carbocycles. The second-order valence-corrected chi connectivity index (χ2v) is 7.27. The van der Waals surface area contributed by atoms with E-state index in [1.807, 2.05) is 0 Å². The van der Waals surface area contributed by atoms with Gasteiger partial charge in [0.25, 0.3) is 5.91 Å². The third-order valence-electron chi connectivity index (χ3n) is 3.50. The molecule has 20 heavy (non-hydrogen) atoms. The van der Waals surface area contributed by atoms with Gasteiger partial charge in [-0.2, -0.15) is 0 Å². The number of hydrogen-bond donors (Lipinski definition) is 0. The van der Waals surface area contributed by atoms with Crippen LogP contribution in [0.3, 0.4) is 0 Å². The lowest BCUT2D eigenvalue weighted by Gasteiger charge is -2.31. The zero-order valence-electron chi connectivity index (χ0n) is 11.0. The molecular formula is C13H15F2NO3S. The Morgan fingerprint density at radius 2 is 1.85 bits per heavy atom. The SMILES string of the molecule is CS(=O)(=O)C1CCN(C(=O)c2ccc(F)cc2F)CC1. The van der Waals surface area contributed by atoms with Gasteiger partial charge >= 0.3 is 0 Å². The number of carbonyl (C=O) groups is 1. The fraction of sp³-hybridized carbons (Fsp3) is 0.462. The fourth-order valence-electron chi connectivity index (χ4n) is 2.32. The first-order chi connectivity index (χ1) is 9.29. The molecule has 0 atom stereocenters. The van der Waals surface area contributed by atoms with Crippen LogP contribution in [0, 0.1) is 11.6 Å². The number of amides is 1. The van der Waals surface area contributed by atoms with Crippen molar-refractivity contribution in [2.24, 2.45) is 0 Å². The van der Waals surface area contributed by atoms with Gasteiger partial charge in [-0.15, -0.1) is 0 Å². The molecule has 0 N–H and O–H groups in total. The minimum atomic E-state index is -3.12. The van der Waals surface area contributed by atoms with Crippen LogP contribution in [0.4, 0.5) is 8.78 Å². The number of rotatable bonds is 2. The zero-order chi connectivity index (χ0) is 14.9. The number of hydrogen-bond acceptors (Lipinski definition) is 3. The second-order valence-electron chi connectivity index (χ2n) is 4.95. The van der Waals surface area contributed by atoms with Crippen LogP contribution < -0.4 is 0 Å². The van der Waals surface area contributed by atoms with Crippen LogP contribution in [0.5, 0.6) is 0 Å². The van der Waals surface area contributed by atoms with Crippen LogP contribution >= 0.6 is 0 Å². The highest BCUT2D eigenvalue weighted by molar-refractivity contribution is 7.91. The van der Waals surface area contributed by atoms with Crippen LogP contribution in [0.15, 0.2) is 18.2 Å². The third kappa shape index (κ3) is 3.15. The molecule has 1 aromatic carbocycles. The molecule has 2 rings (SSSR count). The molecule has 1 aliphatic heterocycles. The van der Waals surface area contributed by atoms with Crippen molar-refractivity contribution in [1.82, 2.24) is 4.90 Å². The van der Waals surface area contributed by atoms with Crippen molar-refractivity contribution in [2.75, 3.05) is 19.3 Å². The third-order valence-corrected chi connectivity index (χ3v) is 5.18. The smallest absolute Gasteiger partial charge is 0.256 e. The lowest BCUT2D eigenvalue weighted by atomic mass is 10.1. The van der Waals surface area contributed by atoms with Crippen LogP contribution in [0.1, 0.15) is 23.2 Å². The van der Waals surface area contributed by atoms with Crippen molar-refractivity contribution < 1.29 is 22.0 Å². The largest absolute Gasteiger partial charge is 0.338 e. The summed E-state index contributed by atoms with van der Waals surface area (Å²) in [5.41, 5.74) is -0.191. The summed E-state index contributed by atoms with van der Waals surface area (Å²) in [5, 5.41) is -0.454. The average molecular weight is 303 g/mol. The quantitative estimate of drug-likeness (QED) is 0.834. The molecule has 7 heteroatoms. The molecule has 1 saturated heterocycles. The van der Waals surface area contributed by atoms with Gasteiger partial charge in [0.05, 0.1) is 10.8 Å². The van der Waals surface area contributed by atoms with Gasteiger partial charge in [-0.25, -0.2) is 17.2 Å². The van der Waals surface area contributed by atoms with Crippen molar-refractivity contribution in [1.29, 1.82) is 0 Å². The molecule has 0 radical (unpaired) electrons. The minimum absolute atomic E-state index is 0.191. The number of halogens is 2. The van der Waals surface area contributed by atoms with E-state index in [0.29, 0.717) is 18.9 Å². The predicted molar refractivity (Wildman–Crippen MR) is 70.1 cm³/mol. The minimum Gasteiger partial charge on any atom is -0.338 e. The lowest BCUT2D eigenvalue weighted by molar-refractivity contribution is 0.0721. The first-order valence-corrected chi connectivity index (χ1v) is 8.17. The summed E-state index contributed by atoms with van der Waals surface area (Å²) in [5.74, 6) is -2.18. The van der Waals surface area contributed by atoms with Gasteiger partial charge in [0, 0.05) is 25.4 Å². The summed E-state index contributed by atoms with van der Waals surface area (Å²) in [6.07, 6.45) is 1.86. The first kappa shape index (κ1) is 14.9. The van der Waals surface area contributed by atoms with E-state index < -0.39 is 32.6 Å². The first-order valence-electron chi connectivity index (χ1n) is 6.22. The molecule has 1 fully saturated rings. The molecule has 0 aromatic heterocycles. The molecule has 0 spiro atoms. The van der Waals surface area contributed by atoms with E-state index in [0.717, 1.165) is 12.1 Å². The van der Waals surface area contributed by atoms with Gasteiger partial charge in [0.1, 0.15) is 21.5 Å². The Bertz CT molecular complexity index is 623. The lowest BCUT2D eigenvalue weighted by Crippen LogP contribution is -2.42. The Kier molecular flexibility index (Phi) is 4.08. The van der Waals surface area contributed by atoms with Gasteiger partial charge in [-0.1, -0.05) is 0 Å². The number of sulfone groups is 1. The van der Waals surface area contributed by atoms with Crippen LogP contribution in [0.25, 0.3) is 0 Å². The Hall–Kier alpha value is -1.50. The van der Waals surface area contributed by atoms with E-state index in [2.05, 4.69) is 0 Å². The molecular weight excluding hydrogens is 288 g/mol. The van der Waals surface area contributed by atoms with Crippen molar-refractivity contribution >= 4 is 15.7 Å². The van der Waals surface area contributed by atoms with Crippen molar-refractivity contribution in [3.05, 3.63) is 35.4 Å². The summed E-state index contributed by atoms with van der Waals surface area (Å²) in [6.45, 7) is 0.515. The van der Waals surface area contributed by atoms with Crippen molar-refractivity contribution in [2.45, 2.75) is 18.1 Å². The molecule has 1 aliphatic rings.